The molecule has 1 rings (SSSR count). The normalized spacial score (nSPS) is 10.5. The van der Waals surface area contributed by atoms with E-state index < -0.39 is 5.97 Å². The summed E-state index contributed by atoms with van der Waals surface area (Å²) in [5.74, 6) is -0.910. The summed E-state index contributed by atoms with van der Waals surface area (Å²) >= 11 is 3.38. The molecule has 68 valence electrons. The molecular weight excluding hydrogens is 232 g/mol. The molecule has 0 saturated carbocycles. The van der Waals surface area contributed by atoms with Crippen molar-refractivity contribution in [2.24, 2.45) is 0 Å². The summed E-state index contributed by atoms with van der Waals surface area (Å²) in [5.41, 5.74) is 1.08. The third kappa shape index (κ3) is 3.42. The number of rotatable bonds is 3. The summed E-state index contributed by atoms with van der Waals surface area (Å²) in [7, 11) is 0. The van der Waals surface area contributed by atoms with Gasteiger partial charge in [-0.25, -0.2) is 4.79 Å². The van der Waals surface area contributed by atoms with Crippen molar-refractivity contribution in [3.05, 3.63) is 46.5 Å². The van der Waals surface area contributed by atoms with Crippen LogP contribution in [0.15, 0.2) is 40.9 Å². The van der Waals surface area contributed by atoms with E-state index in [0.29, 0.717) is 6.42 Å². The van der Waals surface area contributed by atoms with Crippen LogP contribution in [0.5, 0.6) is 0 Å². The number of aliphatic carboxylic acids is 1. The fraction of sp³-hybridized carbons (Fsp3) is 0.100. The van der Waals surface area contributed by atoms with Crippen LogP contribution in [0.3, 0.4) is 0 Å². The van der Waals surface area contributed by atoms with Crippen molar-refractivity contribution in [2.75, 3.05) is 0 Å². The Morgan fingerprint density at radius 3 is 2.77 bits per heavy atom. The maximum absolute atomic E-state index is 10.2. The van der Waals surface area contributed by atoms with Gasteiger partial charge in [0.15, 0.2) is 0 Å². The summed E-state index contributed by atoms with van der Waals surface area (Å²) in [6.07, 6.45) is 3.41. The lowest BCUT2D eigenvalue weighted by Crippen LogP contribution is -1.88. The average Bonchev–Trinajstić information content (AvgIpc) is 2.08. The third-order valence-corrected chi connectivity index (χ3v) is 2.33. The van der Waals surface area contributed by atoms with Crippen LogP contribution in [0.4, 0.5) is 0 Å². The van der Waals surface area contributed by atoms with Crippen molar-refractivity contribution in [1.29, 1.82) is 0 Å². The van der Waals surface area contributed by atoms with Crippen molar-refractivity contribution in [3.8, 4) is 0 Å². The maximum atomic E-state index is 10.2. The van der Waals surface area contributed by atoms with Gasteiger partial charge in [0.05, 0.1) is 0 Å². The highest BCUT2D eigenvalue weighted by molar-refractivity contribution is 9.10. The van der Waals surface area contributed by atoms with Gasteiger partial charge < -0.3 is 5.11 Å². The highest BCUT2D eigenvalue weighted by Crippen LogP contribution is 2.16. The van der Waals surface area contributed by atoms with Crippen molar-refractivity contribution >= 4 is 21.9 Å². The Kier molecular flexibility index (Phi) is 3.71. The Balaban J connectivity index is 2.64. The summed E-state index contributed by atoms with van der Waals surface area (Å²) in [6, 6.07) is 7.74. The average molecular weight is 241 g/mol. The van der Waals surface area contributed by atoms with Crippen LogP contribution in [-0.2, 0) is 11.2 Å². The highest BCUT2D eigenvalue weighted by atomic mass is 79.9. The van der Waals surface area contributed by atoms with Gasteiger partial charge in [-0.1, -0.05) is 40.2 Å². The molecule has 0 saturated heterocycles. The minimum Gasteiger partial charge on any atom is -0.478 e. The van der Waals surface area contributed by atoms with E-state index in [1.165, 1.54) is 0 Å². The third-order valence-electron chi connectivity index (χ3n) is 1.56. The number of hydrogen-bond acceptors (Lipinski definition) is 1. The number of benzene rings is 1. The fourth-order valence-corrected chi connectivity index (χ4v) is 1.40. The molecule has 0 spiro atoms. The molecular formula is C10H9BrO2. The zero-order chi connectivity index (χ0) is 9.68. The van der Waals surface area contributed by atoms with Gasteiger partial charge in [0.25, 0.3) is 0 Å². The van der Waals surface area contributed by atoms with Crippen LogP contribution in [0.1, 0.15) is 5.56 Å². The van der Waals surface area contributed by atoms with E-state index in [9.17, 15) is 4.79 Å². The molecule has 0 unspecified atom stereocenters. The first kappa shape index (κ1) is 9.99. The second-order valence-corrected chi connectivity index (χ2v) is 3.39. The van der Waals surface area contributed by atoms with Gasteiger partial charge in [0.1, 0.15) is 0 Å². The first-order chi connectivity index (χ1) is 6.20. The Hall–Kier alpha value is -1.09. The molecule has 1 aromatic rings. The monoisotopic (exact) mass is 240 g/mol. The molecule has 0 heterocycles. The zero-order valence-electron chi connectivity index (χ0n) is 6.90. The SMILES string of the molecule is O=C(O)C=CCc1ccccc1Br. The smallest absolute Gasteiger partial charge is 0.327 e. The van der Waals surface area contributed by atoms with Crippen molar-refractivity contribution < 1.29 is 9.90 Å². The summed E-state index contributed by atoms with van der Waals surface area (Å²) < 4.78 is 1.00. The molecule has 0 aliphatic carbocycles. The number of carbonyl (C=O) groups is 1. The standard InChI is InChI=1S/C10H9BrO2/c11-9-6-2-1-4-8(9)5-3-7-10(12)13/h1-4,6-7H,5H2,(H,12,13). The first-order valence-electron chi connectivity index (χ1n) is 3.83. The van der Waals surface area contributed by atoms with Gasteiger partial charge in [0, 0.05) is 10.5 Å². The molecule has 2 nitrogen and oxygen atoms in total. The van der Waals surface area contributed by atoms with Crippen LogP contribution in [0.2, 0.25) is 0 Å². The maximum Gasteiger partial charge on any atom is 0.327 e. The van der Waals surface area contributed by atoms with Crippen LogP contribution < -0.4 is 0 Å². The molecule has 0 aliphatic heterocycles. The molecule has 0 bridgehead atoms. The van der Waals surface area contributed by atoms with E-state index >= 15 is 0 Å². The lowest BCUT2D eigenvalue weighted by atomic mass is 10.1. The van der Waals surface area contributed by atoms with E-state index in [4.69, 9.17) is 5.11 Å². The lowest BCUT2D eigenvalue weighted by molar-refractivity contribution is -0.131. The van der Waals surface area contributed by atoms with Gasteiger partial charge in [-0.3, -0.25) is 0 Å². The quantitative estimate of drug-likeness (QED) is 0.826. The van der Waals surface area contributed by atoms with Gasteiger partial charge in [-0.05, 0) is 18.1 Å². The molecule has 0 atom stereocenters. The molecule has 0 radical (unpaired) electrons. The van der Waals surface area contributed by atoms with E-state index in [1.54, 1.807) is 6.08 Å². The van der Waals surface area contributed by atoms with Crippen molar-refractivity contribution in [2.45, 2.75) is 6.42 Å². The van der Waals surface area contributed by atoms with Crippen LogP contribution in [0, 0.1) is 0 Å². The molecule has 0 amide bonds. The Bertz CT molecular complexity index is 331. The molecule has 1 N–H and O–H groups in total. The van der Waals surface area contributed by atoms with E-state index in [-0.39, 0.29) is 0 Å². The lowest BCUT2D eigenvalue weighted by Gasteiger charge is -1.98. The summed E-state index contributed by atoms with van der Waals surface area (Å²) in [4.78, 5) is 10.2. The van der Waals surface area contributed by atoms with E-state index in [2.05, 4.69) is 15.9 Å². The summed E-state index contributed by atoms with van der Waals surface area (Å²) in [5, 5.41) is 8.36. The van der Waals surface area contributed by atoms with Crippen LogP contribution in [-0.4, -0.2) is 11.1 Å². The Morgan fingerprint density at radius 1 is 1.46 bits per heavy atom. The Morgan fingerprint density at radius 2 is 2.15 bits per heavy atom. The highest BCUT2D eigenvalue weighted by Gasteiger charge is 1.95. The minimum absolute atomic E-state index is 0.633. The zero-order valence-corrected chi connectivity index (χ0v) is 8.49. The number of halogens is 1. The molecule has 0 aliphatic rings. The fourth-order valence-electron chi connectivity index (χ4n) is 0.951. The largest absolute Gasteiger partial charge is 0.478 e. The molecule has 0 aromatic heterocycles. The predicted molar refractivity (Wildman–Crippen MR) is 54.6 cm³/mol. The van der Waals surface area contributed by atoms with Gasteiger partial charge in [0.2, 0.25) is 0 Å². The molecule has 0 fully saturated rings. The number of carboxylic acid groups (broad SMARTS) is 1. The number of carboxylic acids is 1. The topological polar surface area (TPSA) is 37.3 Å². The molecule has 1 aromatic carbocycles. The summed E-state index contributed by atoms with van der Waals surface area (Å²) in [6.45, 7) is 0. The first-order valence-corrected chi connectivity index (χ1v) is 4.62. The molecule has 13 heavy (non-hydrogen) atoms. The second-order valence-electron chi connectivity index (χ2n) is 2.54. The number of allylic oxidation sites excluding steroid dienone is 1. The second kappa shape index (κ2) is 4.82. The Labute approximate surface area is 85.0 Å². The molecule has 3 heteroatoms. The van der Waals surface area contributed by atoms with E-state index in [1.807, 2.05) is 24.3 Å². The van der Waals surface area contributed by atoms with Crippen LogP contribution in [0.25, 0.3) is 0 Å². The number of hydrogen-bond donors (Lipinski definition) is 1. The van der Waals surface area contributed by atoms with Gasteiger partial charge >= 0.3 is 5.97 Å². The minimum atomic E-state index is -0.910. The van der Waals surface area contributed by atoms with Crippen LogP contribution >= 0.6 is 15.9 Å². The van der Waals surface area contributed by atoms with Crippen molar-refractivity contribution in [3.63, 3.8) is 0 Å². The van der Waals surface area contributed by atoms with E-state index in [0.717, 1.165) is 16.1 Å². The van der Waals surface area contributed by atoms with Crippen molar-refractivity contribution in [1.82, 2.24) is 0 Å². The van der Waals surface area contributed by atoms with Gasteiger partial charge in [-0.15, -0.1) is 0 Å². The predicted octanol–water partition coefficient (Wildman–Crippen LogP) is 2.63. The van der Waals surface area contributed by atoms with Gasteiger partial charge in [-0.2, -0.15) is 0 Å².